The summed E-state index contributed by atoms with van der Waals surface area (Å²) in [5.74, 6) is 0.926. The van der Waals surface area contributed by atoms with Crippen LogP contribution >= 0.6 is 24.8 Å². The van der Waals surface area contributed by atoms with Crippen molar-refractivity contribution in [3.63, 3.8) is 0 Å². The summed E-state index contributed by atoms with van der Waals surface area (Å²) in [5.41, 5.74) is 1.14. The number of pyridine rings is 1. The lowest BCUT2D eigenvalue weighted by molar-refractivity contribution is 0.888. The van der Waals surface area contributed by atoms with Gasteiger partial charge in [-0.15, -0.1) is 24.8 Å². The maximum atomic E-state index is 4.02. The molecular formula is C9H14Cl2N2. The van der Waals surface area contributed by atoms with E-state index < -0.39 is 0 Å². The monoisotopic (exact) mass is 220 g/mol. The van der Waals surface area contributed by atoms with Crippen LogP contribution in [0.25, 0.3) is 0 Å². The molecular weight excluding hydrogens is 207 g/mol. The lowest BCUT2D eigenvalue weighted by Crippen LogP contribution is -2.02. The van der Waals surface area contributed by atoms with E-state index in [-0.39, 0.29) is 24.8 Å². The second-order valence-electron chi connectivity index (χ2n) is 3.07. The third-order valence-corrected chi connectivity index (χ3v) is 1.95. The fourth-order valence-electron chi connectivity index (χ4n) is 1.05. The van der Waals surface area contributed by atoms with Crippen LogP contribution in [0.15, 0.2) is 24.5 Å². The Hall–Kier alpha value is -0.470. The Balaban J connectivity index is 0.000000720. The summed E-state index contributed by atoms with van der Waals surface area (Å²) >= 11 is 0. The maximum Gasteiger partial charge on any atom is 0.0526 e. The minimum atomic E-state index is 0. The molecule has 0 atom stereocenters. The Morgan fingerprint density at radius 1 is 1.38 bits per heavy atom. The molecule has 0 spiro atoms. The van der Waals surface area contributed by atoms with Crippen LogP contribution < -0.4 is 5.32 Å². The summed E-state index contributed by atoms with van der Waals surface area (Å²) in [5, 5.41) is 3.34. The molecule has 0 saturated heterocycles. The zero-order valence-electron chi connectivity index (χ0n) is 7.27. The number of anilines is 1. The fraction of sp³-hybridized carbons (Fsp3) is 0.444. The predicted molar refractivity (Wildman–Crippen MR) is 59.9 cm³/mol. The quantitative estimate of drug-likeness (QED) is 0.848. The molecule has 1 aliphatic rings. The van der Waals surface area contributed by atoms with Crippen LogP contribution in [-0.4, -0.2) is 11.5 Å². The minimum absolute atomic E-state index is 0. The Kier molecular flexibility index (Phi) is 5.84. The third kappa shape index (κ3) is 4.34. The Morgan fingerprint density at radius 2 is 2.15 bits per heavy atom. The molecule has 4 heteroatoms. The van der Waals surface area contributed by atoms with Gasteiger partial charge in [0.25, 0.3) is 0 Å². The van der Waals surface area contributed by atoms with Gasteiger partial charge in [-0.2, -0.15) is 0 Å². The van der Waals surface area contributed by atoms with Gasteiger partial charge in [0.2, 0.25) is 0 Å². The average molecular weight is 221 g/mol. The van der Waals surface area contributed by atoms with Crippen molar-refractivity contribution < 1.29 is 0 Å². The first-order valence-corrected chi connectivity index (χ1v) is 4.09. The number of hydrogen-bond acceptors (Lipinski definition) is 2. The smallest absolute Gasteiger partial charge is 0.0526 e. The van der Waals surface area contributed by atoms with Crippen molar-refractivity contribution in [1.29, 1.82) is 0 Å². The number of halogens is 2. The van der Waals surface area contributed by atoms with Gasteiger partial charge >= 0.3 is 0 Å². The molecule has 1 aromatic heterocycles. The third-order valence-electron chi connectivity index (χ3n) is 1.95. The molecule has 1 fully saturated rings. The Morgan fingerprint density at radius 3 is 2.69 bits per heavy atom. The number of nitrogens with one attached hydrogen (secondary N) is 1. The largest absolute Gasteiger partial charge is 0.384 e. The summed E-state index contributed by atoms with van der Waals surface area (Å²) in [4.78, 5) is 4.02. The van der Waals surface area contributed by atoms with Gasteiger partial charge in [0, 0.05) is 18.9 Å². The summed E-state index contributed by atoms with van der Waals surface area (Å²) in [6, 6.07) is 4.00. The standard InChI is InChI=1S/C9H12N2.2ClH/c1-2-9(7-10-5-1)11-6-8-3-4-8;;/h1-2,5,7-8,11H,3-4,6H2;2*1H. The van der Waals surface area contributed by atoms with Crippen molar-refractivity contribution in [3.05, 3.63) is 24.5 Å². The van der Waals surface area contributed by atoms with Gasteiger partial charge in [0.05, 0.1) is 5.69 Å². The van der Waals surface area contributed by atoms with E-state index >= 15 is 0 Å². The normalized spacial score (nSPS) is 13.8. The Bertz CT molecular complexity index is 224. The number of hydrogen-bond donors (Lipinski definition) is 1. The van der Waals surface area contributed by atoms with E-state index in [4.69, 9.17) is 0 Å². The van der Waals surface area contributed by atoms with Crippen LogP contribution in [0, 0.1) is 5.92 Å². The van der Waals surface area contributed by atoms with Gasteiger partial charge in [0.15, 0.2) is 0 Å². The SMILES string of the molecule is Cl.Cl.c1cncc(NCC2CC2)c1. The predicted octanol–water partition coefficient (Wildman–Crippen LogP) is 2.75. The molecule has 13 heavy (non-hydrogen) atoms. The molecule has 1 aromatic rings. The highest BCUT2D eigenvalue weighted by Crippen LogP contribution is 2.28. The van der Waals surface area contributed by atoms with E-state index in [0.717, 1.165) is 18.2 Å². The van der Waals surface area contributed by atoms with Gasteiger partial charge < -0.3 is 5.32 Å². The second kappa shape index (κ2) is 6.06. The molecule has 2 rings (SSSR count). The molecule has 1 saturated carbocycles. The first-order chi connectivity index (χ1) is 5.45. The zero-order valence-corrected chi connectivity index (χ0v) is 8.90. The molecule has 0 unspecified atom stereocenters. The van der Waals surface area contributed by atoms with E-state index in [2.05, 4.69) is 16.4 Å². The van der Waals surface area contributed by atoms with Crippen molar-refractivity contribution >= 4 is 30.5 Å². The van der Waals surface area contributed by atoms with E-state index in [0.29, 0.717) is 0 Å². The lowest BCUT2D eigenvalue weighted by Gasteiger charge is -2.02. The van der Waals surface area contributed by atoms with Gasteiger partial charge in [-0.3, -0.25) is 4.98 Å². The van der Waals surface area contributed by atoms with Crippen molar-refractivity contribution in [2.75, 3.05) is 11.9 Å². The molecule has 0 aromatic carbocycles. The highest BCUT2D eigenvalue weighted by atomic mass is 35.5. The Labute approximate surface area is 91.0 Å². The summed E-state index contributed by atoms with van der Waals surface area (Å²) in [6.45, 7) is 1.12. The second-order valence-corrected chi connectivity index (χ2v) is 3.07. The van der Waals surface area contributed by atoms with Crippen LogP contribution in [0.3, 0.4) is 0 Å². The van der Waals surface area contributed by atoms with Crippen molar-refractivity contribution in [2.45, 2.75) is 12.8 Å². The number of rotatable bonds is 3. The van der Waals surface area contributed by atoms with Crippen molar-refractivity contribution in [2.24, 2.45) is 5.92 Å². The summed E-state index contributed by atoms with van der Waals surface area (Å²) in [6.07, 6.45) is 6.45. The summed E-state index contributed by atoms with van der Waals surface area (Å²) in [7, 11) is 0. The molecule has 1 N–H and O–H groups in total. The first kappa shape index (κ1) is 12.5. The summed E-state index contributed by atoms with van der Waals surface area (Å²) < 4.78 is 0. The molecule has 74 valence electrons. The molecule has 0 aliphatic heterocycles. The minimum Gasteiger partial charge on any atom is -0.384 e. The highest BCUT2D eigenvalue weighted by Gasteiger charge is 2.20. The zero-order chi connectivity index (χ0) is 7.52. The average Bonchev–Trinajstić information content (AvgIpc) is 2.86. The maximum absolute atomic E-state index is 4.02. The lowest BCUT2D eigenvalue weighted by atomic mass is 10.4. The number of aromatic nitrogens is 1. The van der Waals surface area contributed by atoms with Gasteiger partial charge in [0.1, 0.15) is 0 Å². The molecule has 1 heterocycles. The van der Waals surface area contributed by atoms with E-state index in [1.54, 1.807) is 6.20 Å². The van der Waals surface area contributed by atoms with Crippen LogP contribution in [0.5, 0.6) is 0 Å². The molecule has 0 radical (unpaired) electrons. The van der Waals surface area contributed by atoms with Crippen LogP contribution in [0.2, 0.25) is 0 Å². The molecule has 0 bridgehead atoms. The van der Waals surface area contributed by atoms with Crippen LogP contribution in [0.1, 0.15) is 12.8 Å². The highest BCUT2D eigenvalue weighted by molar-refractivity contribution is 5.85. The molecule has 0 amide bonds. The topological polar surface area (TPSA) is 24.9 Å². The van der Waals surface area contributed by atoms with E-state index in [1.807, 2.05) is 12.3 Å². The first-order valence-electron chi connectivity index (χ1n) is 4.09. The van der Waals surface area contributed by atoms with Crippen LogP contribution in [-0.2, 0) is 0 Å². The van der Waals surface area contributed by atoms with Crippen molar-refractivity contribution in [3.8, 4) is 0 Å². The van der Waals surface area contributed by atoms with E-state index in [9.17, 15) is 0 Å². The van der Waals surface area contributed by atoms with Gasteiger partial charge in [-0.05, 0) is 30.9 Å². The van der Waals surface area contributed by atoms with Gasteiger partial charge in [-0.25, -0.2) is 0 Å². The van der Waals surface area contributed by atoms with E-state index in [1.165, 1.54) is 12.8 Å². The fourth-order valence-corrected chi connectivity index (χ4v) is 1.05. The molecule has 1 aliphatic carbocycles. The number of nitrogens with zero attached hydrogens (tertiary/aromatic N) is 1. The van der Waals surface area contributed by atoms with Crippen molar-refractivity contribution in [1.82, 2.24) is 4.98 Å². The van der Waals surface area contributed by atoms with Gasteiger partial charge in [-0.1, -0.05) is 0 Å². The molecule has 2 nitrogen and oxygen atoms in total. The van der Waals surface area contributed by atoms with Crippen LogP contribution in [0.4, 0.5) is 5.69 Å².